The lowest BCUT2D eigenvalue weighted by Gasteiger charge is -2.16. The van der Waals surface area contributed by atoms with E-state index in [1.165, 1.54) is 89.9 Å². The molecule has 286 valence electrons. The van der Waals surface area contributed by atoms with Crippen LogP contribution in [0.25, 0.3) is 0 Å². The molecule has 3 atom stereocenters. The highest BCUT2D eigenvalue weighted by Gasteiger charge is 2.16. The second-order valence-corrected chi connectivity index (χ2v) is 14.2. The molecule has 0 aromatic rings. The maximum Gasteiger partial charge on any atom is 0.305 e. The molecular formula is C42H76O7. The maximum absolute atomic E-state index is 12.0. The van der Waals surface area contributed by atoms with Gasteiger partial charge in [0.2, 0.25) is 0 Å². The Kier molecular flexibility index (Phi) is 34.4. The number of ether oxygens (including phenoxy) is 2. The Morgan fingerprint density at radius 1 is 0.531 bits per heavy atom. The first-order valence-corrected chi connectivity index (χ1v) is 20.1. The summed E-state index contributed by atoms with van der Waals surface area (Å²) in [6.07, 6.45) is 35.2. The number of aliphatic hydroxyl groups excluding tert-OH is 3. The molecule has 49 heavy (non-hydrogen) atoms. The Balaban J connectivity index is 3.66. The Bertz CT molecular complexity index is 835. The van der Waals surface area contributed by atoms with Crippen LogP contribution in [0.3, 0.4) is 0 Å². The van der Waals surface area contributed by atoms with Crippen molar-refractivity contribution in [3.05, 3.63) is 36.5 Å². The summed E-state index contributed by atoms with van der Waals surface area (Å²) in [7, 11) is 0. The average molecular weight is 693 g/mol. The number of hydrogen-bond donors (Lipinski definition) is 3. The number of esters is 2. The number of rotatable bonds is 35. The number of carbonyl (C=O) groups excluding carboxylic acids is 2. The number of unbranched alkanes of at least 4 members (excludes halogenated alkanes) is 15. The second-order valence-electron chi connectivity index (χ2n) is 14.2. The number of hydrogen-bond acceptors (Lipinski definition) is 7. The standard InChI is InChI=1S/C42H76O7/c1-4-5-6-7-8-9-10-15-18-21-24-27-31-39(44)40(45)32-29-34-42(47)49-36-38(43)35-48-41(46)33-28-25-22-19-16-13-11-12-14-17-20-23-26-30-37(2)3/h8-9,15,18,24,27,37-40,43-45H,4-7,10-14,16-17,19-23,25-26,28-36H2,1-3H3/b9-8-,18-15-,27-24-/t38-,39?,40?/m1/s1. The third kappa shape index (κ3) is 35.7. The average Bonchev–Trinajstić information content (AvgIpc) is 3.08. The Hall–Kier alpha value is -1.96. The zero-order valence-corrected chi connectivity index (χ0v) is 31.8. The van der Waals surface area contributed by atoms with Crippen LogP contribution in [0.5, 0.6) is 0 Å². The summed E-state index contributed by atoms with van der Waals surface area (Å²) in [5.74, 6) is -0.00295. The molecule has 0 saturated carbocycles. The van der Waals surface area contributed by atoms with Gasteiger partial charge in [0.25, 0.3) is 0 Å². The topological polar surface area (TPSA) is 113 Å². The third-order valence-electron chi connectivity index (χ3n) is 8.76. The molecule has 7 nitrogen and oxygen atoms in total. The van der Waals surface area contributed by atoms with Crippen LogP contribution in [0.4, 0.5) is 0 Å². The van der Waals surface area contributed by atoms with Gasteiger partial charge in [-0.25, -0.2) is 0 Å². The van der Waals surface area contributed by atoms with E-state index in [0.29, 0.717) is 19.3 Å². The number of allylic oxidation sites excluding steroid dienone is 5. The van der Waals surface area contributed by atoms with Gasteiger partial charge in [-0.05, 0) is 57.3 Å². The van der Waals surface area contributed by atoms with Gasteiger partial charge in [0.05, 0.1) is 12.2 Å². The van der Waals surface area contributed by atoms with Gasteiger partial charge in [-0.15, -0.1) is 0 Å². The molecule has 0 bridgehead atoms. The van der Waals surface area contributed by atoms with Crippen molar-refractivity contribution in [3.8, 4) is 0 Å². The SMILES string of the molecule is CCCCC/C=C\C/C=C\C/C=C\CC(O)C(O)CCCC(=O)OC[C@H](O)COC(=O)CCCCCCCCCCCCCCCC(C)C. The largest absolute Gasteiger partial charge is 0.463 e. The lowest BCUT2D eigenvalue weighted by Crippen LogP contribution is -2.26. The first-order valence-electron chi connectivity index (χ1n) is 20.1. The predicted octanol–water partition coefficient (Wildman–Crippen LogP) is 10.3. The van der Waals surface area contributed by atoms with Crippen molar-refractivity contribution < 1.29 is 34.4 Å². The van der Waals surface area contributed by atoms with Crippen molar-refractivity contribution in [1.82, 2.24) is 0 Å². The number of aliphatic hydroxyl groups is 3. The van der Waals surface area contributed by atoms with E-state index >= 15 is 0 Å². The minimum atomic E-state index is -1.07. The second kappa shape index (κ2) is 35.9. The van der Waals surface area contributed by atoms with Gasteiger partial charge in [-0.1, -0.05) is 154 Å². The molecule has 0 radical (unpaired) electrons. The molecule has 0 aliphatic rings. The molecule has 3 N–H and O–H groups in total. The van der Waals surface area contributed by atoms with Crippen LogP contribution in [0.1, 0.15) is 181 Å². The fourth-order valence-corrected chi connectivity index (χ4v) is 5.55. The van der Waals surface area contributed by atoms with E-state index in [-0.39, 0.29) is 32.0 Å². The molecular weight excluding hydrogens is 616 g/mol. The smallest absolute Gasteiger partial charge is 0.305 e. The van der Waals surface area contributed by atoms with E-state index in [2.05, 4.69) is 45.1 Å². The molecule has 0 rings (SSSR count). The summed E-state index contributed by atoms with van der Waals surface area (Å²) in [4.78, 5) is 24.0. The first-order chi connectivity index (χ1) is 23.8. The summed E-state index contributed by atoms with van der Waals surface area (Å²) in [6, 6.07) is 0. The van der Waals surface area contributed by atoms with Gasteiger partial charge in [0.1, 0.15) is 19.3 Å². The minimum Gasteiger partial charge on any atom is -0.463 e. The van der Waals surface area contributed by atoms with Gasteiger partial charge in [0.15, 0.2) is 0 Å². The normalized spacial score (nSPS) is 13.9. The summed E-state index contributed by atoms with van der Waals surface area (Å²) in [5.41, 5.74) is 0. The quantitative estimate of drug-likeness (QED) is 0.0344. The summed E-state index contributed by atoms with van der Waals surface area (Å²) in [5, 5.41) is 30.4. The Labute approximate surface area is 301 Å². The van der Waals surface area contributed by atoms with Crippen molar-refractivity contribution >= 4 is 11.9 Å². The molecule has 0 spiro atoms. The number of carbonyl (C=O) groups is 2. The van der Waals surface area contributed by atoms with E-state index in [9.17, 15) is 24.9 Å². The third-order valence-corrected chi connectivity index (χ3v) is 8.76. The van der Waals surface area contributed by atoms with Crippen molar-refractivity contribution in [3.63, 3.8) is 0 Å². The van der Waals surface area contributed by atoms with E-state index in [1.54, 1.807) is 0 Å². The van der Waals surface area contributed by atoms with Crippen LogP contribution < -0.4 is 0 Å². The molecule has 0 saturated heterocycles. The van der Waals surface area contributed by atoms with Crippen molar-refractivity contribution in [2.24, 2.45) is 5.92 Å². The van der Waals surface area contributed by atoms with Gasteiger partial charge < -0.3 is 24.8 Å². The maximum atomic E-state index is 12.0. The molecule has 0 amide bonds. The first kappa shape index (κ1) is 47.0. The molecule has 0 aliphatic heterocycles. The lowest BCUT2D eigenvalue weighted by atomic mass is 10.0. The van der Waals surface area contributed by atoms with E-state index in [1.807, 2.05) is 12.2 Å². The fourth-order valence-electron chi connectivity index (χ4n) is 5.55. The van der Waals surface area contributed by atoms with Crippen LogP contribution in [-0.2, 0) is 19.1 Å². The Morgan fingerprint density at radius 2 is 1.00 bits per heavy atom. The van der Waals surface area contributed by atoms with Gasteiger partial charge >= 0.3 is 11.9 Å². The monoisotopic (exact) mass is 693 g/mol. The minimum absolute atomic E-state index is 0.0721. The molecule has 0 aromatic heterocycles. The zero-order chi connectivity index (χ0) is 36.2. The van der Waals surface area contributed by atoms with E-state index < -0.39 is 24.3 Å². The molecule has 0 aliphatic carbocycles. The van der Waals surface area contributed by atoms with Gasteiger partial charge in [-0.2, -0.15) is 0 Å². The molecule has 2 unspecified atom stereocenters. The lowest BCUT2D eigenvalue weighted by molar-refractivity contribution is -0.152. The van der Waals surface area contributed by atoms with Crippen LogP contribution >= 0.6 is 0 Å². The van der Waals surface area contributed by atoms with Gasteiger partial charge in [0, 0.05) is 12.8 Å². The molecule has 0 fully saturated rings. The van der Waals surface area contributed by atoms with Crippen LogP contribution in [0.2, 0.25) is 0 Å². The Morgan fingerprint density at radius 3 is 1.53 bits per heavy atom. The van der Waals surface area contributed by atoms with Crippen LogP contribution in [-0.4, -0.2) is 58.8 Å². The van der Waals surface area contributed by atoms with E-state index in [4.69, 9.17) is 9.47 Å². The molecule has 0 heterocycles. The predicted molar refractivity (Wildman–Crippen MR) is 203 cm³/mol. The summed E-state index contributed by atoms with van der Waals surface area (Å²) in [6.45, 7) is 6.36. The highest BCUT2D eigenvalue weighted by molar-refractivity contribution is 5.69. The van der Waals surface area contributed by atoms with Gasteiger partial charge in [-0.3, -0.25) is 9.59 Å². The molecule has 7 heteroatoms. The van der Waals surface area contributed by atoms with Crippen LogP contribution in [0, 0.1) is 5.92 Å². The van der Waals surface area contributed by atoms with E-state index in [0.717, 1.165) is 44.4 Å². The summed E-state index contributed by atoms with van der Waals surface area (Å²) >= 11 is 0. The molecule has 0 aromatic carbocycles. The van der Waals surface area contributed by atoms with Crippen molar-refractivity contribution in [2.45, 2.75) is 200 Å². The highest BCUT2D eigenvalue weighted by atomic mass is 16.6. The zero-order valence-electron chi connectivity index (χ0n) is 31.8. The highest BCUT2D eigenvalue weighted by Crippen LogP contribution is 2.15. The summed E-state index contributed by atoms with van der Waals surface area (Å²) < 4.78 is 10.2. The van der Waals surface area contributed by atoms with Crippen molar-refractivity contribution in [2.75, 3.05) is 13.2 Å². The fraction of sp³-hybridized carbons (Fsp3) is 0.810. The van der Waals surface area contributed by atoms with Crippen molar-refractivity contribution in [1.29, 1.82) is 0 Å². The van der Waals surface area contributed by atoms with Crippen LogP contribution in [0.15, 0.2) is 36.5 Å².